The highest BCUT2D eigenvalue weighted by atomic mass is 16.5. The number of carboxylic acid groups (broad SMARTS) is 1. The highest BCUT2D eigenvalue weighted by Gasteiger charge is 2.23. The van der Waals surface area contributed by atoms with Crippen molar-refractivity contribution in [3.05, 3.63) is 52.9 Å². The Morgan fingerprint density at radius 3 is 2.95 bits per heavy atom. The molecule has 0 unspecified atom stereocenters. The van der Waals surface area contributed by atoms with Gasteiger partial charge >= 0.3 is 5.97 Å². The molecular formula is C15H14N2O4. The van der Waals surface area contributed by atoms with Crippen molar-refractivity contribution >= 4 is 11.9 Å². The van der Waals surface area contributed by atoms with Gasteiger partial charge in [0.05, 0.1) is 6.54 Å². The number of carboxylic acids is 1. The molecule has 0 saturated heterocycles. The minimum atomic E-state index is -1.14. The number of hydrogen-bond donors (Lipinski definition) is 1. The fourth-order valence-electron chi connectivity index (χ4n) is 2.51. The van der Waals surface area contributed by atoms with E-state index in [1.54, 1.807) is 4.90 Å². The van der Waals surface area contributed by atoms with Crippen molar-refractivity contribution in [3.63, 3.8) is 0 Å². The van der Waals surface area contributed by atoms with Crippen molar-refractivity contribution in [3.8, 4) is 0 Å². The first-order chi connectivity index (χ1) is 10.1. The van der Waals surface area contributed by atoms with Crippen LogP contribution in [0.3, 0.4) is 0 Å². The zero-order valence-electron chi connectivity index (χ0n) is 11.3. The third-order valence-corrected chi connectivity index (χ3v) is 3.53. The van der Waals surface area contributed by atoms with Crippen LogP contribution in [0.5, 0.6) is 0 Å². The molecule has 0 radical (unpaired) electrons. The Morgan fingerprint density at radius 2 is 2.19 bits per heavy atom. The lowest BCUT2D eigenvalue weighted by Gasteiger charge is -2.19. The Morgan fingerprint density at radius 1 is 1.38 bits per heavy atom. The lowest BCUT2D eigenvalue weighted by Crippen LogP contribution is -2.30. The third-order valence-electron chi connectivity index (χ3n) is 3.53. The molecule has 1 aromatic carbocycles. The summed E-state index contributed by atoms with van der Waals surface area (Å²) in [5, 5.41) is 12.3. The number of rotatable bonds is 3. The fraction of sp³-hybridized carbons (Fsp3) is 0.267. The number of nitrogens with zero attached hydrogens (tertiary/aromatic N) is 2. The summed E-state index contributed by atoms with van der Waals surface area (Å²) in [4.78, 5) is 25.0. The van der Waals surface area contributed by atoms with Gasteiger partial charge in [0.15, 0.2) is 11.5 Å². The molecule has 1 aliphatic rings. The summed E-state index contributed by atoms with van der Waals surface area (Å²) in [6.45, 7) is 0.837. The monoisotopic (exact) mass is 286 g/mol. The molecule has 0 fully saturated rings. The SMILES string of the molecule is O=C(O)c1cc(CN2CCCc3ccccc3C2=O)on1. The second-order valence-electron chi connectivity index (χ2n) is 4.97. The molecule has 2 heterocycles. The summed E-state index contributed by atoms with van der Waals surface area (Å²) in [6, 6.07) is 8.91. The van der Waals surface area contributed by atoms with Crippen LogP contribution in [0.1, 0.15) is 38.6 Å². The molecule has 1 aliphatic heterocycles. The van der Waals surface area contributed by atoms with Crippen LogP contribution in [-0.4, -0.2) is 33.6 Å². The number of hydrogen-bond acceptors (Lipinski definition) is 4. The van der Waals surface area contributed by atoms with Crippen LogP contribution in [0, 0.1) is 0 Å². The van der Waals surface area contributed by atoms with E-state index in [9.17, 15) is 9.59 Å². The molecular weight excluding hydrogens is 272 g/mol. The van der Waals surface area contributed by atoms with E-state index in [1.807, 2.05) is 24.3 Å². The summed E-state index contributed by atoms with van der Waals surface area (Å²) in [5.74, 6) is -0.825. The Hall–Kier alpha value is -2.63. The first kappa shape index (κ1) is 13.4. The molecule has 1 amide bonds. The van der Waals surface area contributed by atoms with Crippen LogP contribution in [0.15, 0.2) is 34.9 Å². The van der Waals surface area contributed by atoms with Gasteiger partial charge in [-0.1, -0.05) is 23.4 Å². The zero-order valence-corrected chi connectivity index (χ0v) is 11.3. The molecule has 0 aliphatic carbocycles. The van der Waals surface area contributed by atoms with Crippen LogP contribution in [0.25, 0.3) is 0 Å². The molecule has 0 atom stereocenters. The predicted octanol–water partition coefficient (Wildman–Crippen LogP) is 1.96. The van der Waals surface area contributed by atoms with Gasteiger partial charge in [-0.15, -0.1) is 0 Å². The fourth-order valence-corrected chi connectivity index (χ4v) is 2.51. The van der Waals surface area contributed by atoms with Crippen molar-refractivity contribution in [1.82, 2.24) is 10.1 Å². The second-order valence-corrected chi connectivity index (χ2v) is 4.97. The zero-order chi connectivity index (χ0) is 14.8. The van der Waals surface area contributed by atoms with E-state index < -0.39 is 5.97 Å². The van der Waals surface area contributed by atoms with E-state index >= 15 is 0 Å². The largest absolute Gasteiger partial charge is 0.476 e. The average Bonchev–Trinajstić information content (AvgIpc) is 2.89. The van der Waals surface area contributed by atoms with Gasteiger partial charge in [-0.3, -0.25) is 4.79 Å². The number of benzene rings is 1. The van der Waals surface area contributed by atoms with E-state index in [-0.39, 0.29) is 18.1 Å². The molecule has 21 heavy (non-hydrogen) atoms. The first-order valence-corrected chi connectivity index (χ1v) is 6.71. The molecule has 6 heteroatoms. The molecule has 0 saturated carbocycles. The van der Waals surface area contributed by atoms with Gasteiger partial charge in [0, 0.05) is 18.2 Å². The maximum absolute atomic E-state index is 12.5. The Bertz CT molecular complexity index is 692. The highest BCUT2D eigenvalue weighted by Crippen LogP contribution is 2.20. The Balaban J connectivity index is 1.82. The smallest absolute Gasteiger partial charge is 0.358 e. The second kappa shape index (κ2) is 5.40. The van der Waals surface area contributed by atoms with E-state index in [4.69, 9.17) is 9.63 Å². The molecule has 1 aromatic heterocycles. The van der Waals surface area contributed by atoms with Crippen molar-refractivity contribution in [2.45, 2.75) is 19.4 Å². The van der Waals surface area contributed by atoms with Gasteiger partial charge in [0.25, 0.3) is 5.91 Å². The van der Waals surface area contributed by atoms with Crippen LogP contribution in [0.4, 0.5) is 0 Å². The maximum Gasteiger partial charge on any atom is 0.358 e. The number of aryl methyl sites for hydroxylation is 1. The summed E-state index contributed by atoms with van der Waals surface area (Å²) in [6.07, 6.45) is 1.72. The Kier molecular flexibility index (Phi) is 3.43. The van der Waals surface area contributed by atoms with Gasteiger partial charge in [0.2, 0.25) is 0 Å². The summed E-state index contributed by atoms with van der Waals surface area (Å²) in [7, 11) is 0. The molecule has 0 bridgehead atoms. The Labute approximate surface area is 121 Å². The first-order valence-electron chi connectivity index (χ1n) is 6.71. The van der Waals surface area contributed by atoms with Crippen LogP contribution in [-0.2, 0) is 13.0 Å². The van der Waals surface area contributed by atoms with Crippen LogP contribution < -0.4 is 0 Å². The van der Waals surface area contributed by atoms with Gasteiger partial charge < -0.3 is 14.5 Å². The van der Waals surface area contributed by atoms with Gasteiger partial charge in [-0.2, -0.15) is 0 Å². The van der Waals surface area contributed by atoms with Crippen molar-refractivity contribution in [2.24, 2.45) is 0 Å². The molecule has 3 rings (SSSR count). The van der Waals surface area contributed by atoms with E-state index in [0.717, 1.165) is 18.4 Å². The van der Waals surface area contributed by atoms with E-state index in [2.05, 4.69) is 5.16 Å². The maximum atomic E-state index is 12.5. The number of aromatic carboxylic acids is 1. The third kappa shape index (κ3) is 2.65. The number of carbonyl (C=O) groups excluding carboxylic acids is 1. The number of carbonyl (C=O) groups is 2. The number of fused-ring (bicyclic) bond motifs is 1. The molecule has 2 aromatic rings. The normalized spacial score (nSPS) is 14.7. The van der Waals surface area contributed by atoms with Gasteiger partial charge in [-0.25, -0.2) is 4.79 Å². The summed E-state index contributed by atoms with van der Waals surface area (Å²) >= 11 is 0. The van der Waals surface area contributed by atoms with Gasteiger partial charge in [0.1, 0.15) is 0 Å². The van der Waals surface area contributed by atoms with Gasteiger partial charge in [-0.05, 0) is 24.5 Å². The van der Waals surface area contributed by atoms with Crippen molar-refractivity contribution in [2.75, 3.05) is 6.54 Å². The number of aromatic nitrogens is 1. The summed E-state index contributed by atoms with van der Waals surface area (Å²) < 4.78 is 4.98. The van der Waals surface area contributed by atoms with E-state index in [0.29, 0.717) is 17.9 Å². The minimum absolute atomic E-state index is 0.0589. The standard InChI is InChI=1S/C15H14N2O4/c18-14-12-6-2-1-4-10(12)5-3-7-17(14)9-11-8-13(15(19)20)16-21-11/h1-2,4,6,8H,3,5,7,9H2,(H,19,20). The van der Waals surface area contributed by atoms with E-state index in [1.165, 1.54) is 6.07 Å². The molecule has 108 valence electrons. The quantitative estimate of drug-likeness (QED) is 0.932. The number of amides is 1. The molecule has 1 N–H and O–H groups in total. The lowest BCUT2D eigenvalue weighted by molar-refractivity contribution is 0.0681. The van der Waals surface area contributed by atoms with Crippen molar-refractivity contribution in [1.29, 1.82) is 0 Å². The van der Waals surface area contributed by atoms with Crippen LogP contribution >= 0.6 is 0 Å². The average molecular weight is 286 g/mol. The topological polar surface area (TPSA) is 83.6 Å². The van der Waals surface area contributed by atoms with Crippen LogP contribution in [0.2, 0.25) is 0 Å². The molecule has 6 nitrogen and oxygen atoms in total. The highest BCUT2D eigenvalue weighted by molar-refractivity contribution is 5.96. The summed E-state index contributed by atoms with van der Waals surface area (Å²) in [5.41, 5.74) is 1.61. The minimum Gasteiger partial charge on any atom is -0.476 e. The lowest BCUT2D eigenvalue weighted by atomic mass is 10.0. The molecule has 0 spiro atoms. The van der Waals surface area contributed by atoms with Crippen molar-refractivity contribution < 1.29 is 19.2 Å². The predicted molar refractivity (Wildman–Crippen MR) is 73.0 cm³/mol.